The summed E-state index contributed by atoms with van der Waals surface area (Å²) in [6.07, 6.45) is 1.21. The van der Waals surface area contributed by atoms with Crippen molar-refractivity contribution >= 4 is 11.0 Å². The van der Waals surface area contributed by atoms with Gasteiger partial charge in [-0.25, -0.2) is 0 Å². The Morgan fingerprint density at radius 3 is 2.67 bits per heavy atom. The molecule has 1 fully saturated rings. The van der Waals surface area contributed by atoms with E-state index in [1.807, 2.05) is 0 Å². The summed E-state index contributed by atoms with van der Waals surface area (Å²) in [4.78, 5) is 2.47. The molecule has 1 aromatic heterocycles. The lowest BCUT2D eigenvalue weighted by atomic mass is 10.0. The molecule has 0 atom stereocenters. The molecule has 3 heteroatoms. The van der Waals surface area contributed by atoms with Crippen LogP contribution in [0.5, 0.6) is 0 Å². The first-order valence-electron chi connectivity index (χ1n) is 8.80. The molecule has 0 saturated carbocycles. The topological polar surface area (TPSA) is 28.4 Å². The minimum atomic E-state index is 0.899. The molecule has 1 aliphatic rings. The zero-order valence-corrected chi connectivity index (χ0v) is 14.2. The Labute approximate surface area is 143 Å². The van der Waals surface area contributed by atoms with Crippen molar-refractivity contribution in [3.05, 3.63) is 59.9 Å². The average molecular weight is 320 g/mol. The number of furan rings is 1. The van der Waals surface area contributed by atoms with Crippen LogP contribution in [0.1, 0.15) is 17.7 Å². The highest BCUT2D eigenvalue weighted by atomic mass is 16.3. The van der Waals surface area contributed by atoms with Gasteiger partial charge in [0.15, 0.2) is 0 Å². The van der Waals surface area contributed by atoms with Gasteiger partial charge in [-0.1, -0.05) is 35.9 Å². The lowest BCUT2D eigenvalue weighted by Gasteiger charge is -2.17. The van der Waals surface area contributed by atoms with E-state index in [1.54, 1.807) is 0 Å². The maximum Gasteiger partial charge on any atom is 0.134 e. The Kier molecular flexibility index (Phi) is 4.37. The summed E-state index contributed by atoms with van der Waals surface area (Å²) in [6.45, 7) is 7.43. The average Bonchev–Trinajstić information content (AvgIpc) is 2.81. The van der Waals surface area contributed by atoms with Crippen LogP contribution in [0.25, 0.3) is 22.1 Å². The molecular formula is C21H24N2O. The number of fused-ring (bicyclic) bond motifs is 1. The van der Waals surface area contributed by atoms with Crippen molar-refractivity contribution in [2.45, 2.75) is 19.9 Å². The van der Waals surface area contributed by atoms with E-state index >= 15 is 0 Å². The first-order chi connectivity index (χ1) is 11.8. The van der Waals surface area contributed by atoms with Crippen LogP contribution in [0.4, 0.5) is 0 Å². The van der Waals surface area contributed by atoms with Gasteiger partial charge >= 0.3 is 0 Å². The lowest BCUT2D eigenvalue weighted by molar-refractivity contribution is 0.262. The van der Waals surface area contributed by atoms with Gasteiger partial charge in [0.25, 0.3) is 0 Å². The summed E-state index contributed by atoms with van der Waals surface area (Å²) in [5.41, 5.74) is 4.77. The Balaban J connectivity index is 1.57. The standard InChI is InChI=1S/C21H24N2O/c1-16-3-5-17(6-4-16)18-7-8-21-19(13-18)14-20(24-21)15-23-11-2-9-22-10-12-23/h3-8,13-14,22H,2,9-12,15H2,1H3. The van der Waals surface area contributed by atoms with Crippen molar-refractivity contribution in [3.63, 3.8) is 0 Å². The van der Waals surface area contributed by atoms with Crippen molar-refractivity contribution in [2.75, 3.05) is 26.2 Å². The third kappa shape index (κ3) is 3.37. The minimum Gasteiger partial charge on any atom is -0.460 e. The highest BCUT2D eigenvalue weighted by Crippen LogP contribution is 2.27. The number of rotatable bonds is 3. The van der Waals surface area contributed by atoms with E-state index in [1.165, 1.54) is 28.5 Å². The van der Waals surface area contributed by atoms with Crippen LogP contribution in [0.3, 0.4) is 0 Å². The smallest absolute Gasteiger partial charge is 0.134 e. The maximum absolute atomic E-state index is 6.06. The molecule has 1 aliphatic heterocycles. The molecule has 124 valence electrons. The summed E-state index contributed by atoms with van der Waals surface area (Å²) in [5, 5.41) is 4.64. The number of aryl methyl sites for hydroxylation is 1. The predicted octanol–water partition coefficient (Wildman–Crippen LogP) is 4.20. The molecule has 2 heterocycles. The van der Waals surface area contributed by atoms with Gasteiger partial charge in [0, 0.05) is 18.5 Å². The Bertz CT molecular complexity index is 811. The van der Waals surface area contributed by atoms with Crippen LogP contribution in [0.2, 0.25) is 0 Å². The second-order valence-electron chi connectivity index (χ2n) is 6.71. The molecule has 3 nitrogen and oxygen atoms in total. The molecule has 4 rings (SSSR count). The van der Waals surface area contributed by atoms with Gasteiger partial charge in [0.1, 0.15) is 11.3 Å². The molecule has 0 unspecified atom stereocenters. The van der Waals surface area contributed by atoms with Crippen molar-refractivity contribution < 1.29 is 4.42 Å². The van der Waals surface area contributed by atoms with E-state index in [0.717, 1.165) is 44.1 Å². The Hall–Kier alpha value is -2.10. The number of hydrogen-bond acceptors (Lipinski definition) is 3. The summed E-state index contributed by atoms with van der Waals surface area (Å²) >= 11 is 0. The second-order valence-corrected chi connectivity index (χ2v) is 6.71. The van der Waals surface area contributed by atoms with Gasteiger partial charge in [-0.3, -0.25) is 4.90 Å². The third-order valence-electron chi connectivity index (χ3n) is 4.76. The van der Waals surface area contributed by atoms with Crippen LogP contribution < -0.4 is 5.32 Å². The second kappa shape index (κ2) is 6.80. The number of benzene rings is 2. The van der Waals surface area contributed by atoms with E-state index in [2.05, 4.69) is 65.7 Å². The summed E-state index contributed by atoms with van der Waals surface area (Å²) in [7, 11) is 0. The molecule has 0 aliphatic carbocycles. The van der Waals surface area contributed by atoms with Crippen LogP contribution in [0.15, 0.2) is 52.9 Å². The summed E-state index contributed by atoms with van der Waals surface area (Å²) < 4.78 is 6.06. The van der Waals surface area contributed by atoms with Crippen molar-refractivity contribution in [1.29, 1.82) is 0 Å². The van der Waals surface area contributed by atoms with Crippen LogP contribution in [-0.4, -0.2) is 31.1 Å². The van der Waals surface area contributed by atoms with Gasteiger partial charge in [-0.05, 0) is 55.8 Å². The Morgan fingerprint density at radius 2 is 1.79 bits per heavy atom. The molecule has 0 bridgehead atoms. The zero-order chi connectivity index (χ0) is 16.4. The van der Waals surface area contributed by atoms with E-state index in [-0.39, 0.29) is 0 Å². The highest BCUT2D eigenvalue weighted by Gasteiger charge is 2.12. The molecular weight excluding hydrogens is 296 g/mol. The molecule has 0 spiro atoms. The van der Waals surface area contributed by atoms with Gasteiger partial charge < -0.3 is 9.73 Å². The predicted molar refractivity (Wildman–Crippen MR) is 99.2 cm³/mol. The molecule has 0 amide bonds. The van der Waals surface area contributed by atoms with Gasteiger partial charge in [0.05, 0.1) is 6.54 Å². The first kappa shape index (κ1) is 15.4. The van der Waals surface area contributed by atoms with E-state index in [4.69, 9.17) is 4.42 Å². The van der Waals surface area contributed by atoms with Crippen LogP contribution >= 0.6 is 0 Å². The van der Waals surface area contributed by atoms with Crippen molar-refractivity contribution in [2.24, 2.45) is 0 Å². The van der Waals surface area contributed by atoms with Gasteiger partial charge in [-0.15, -0.1) is 0 Å². The monoisotopic (exact) mass is 320 g/mol. The van der Waals surface area contributed by atoms with Crippen LogP contribution in [0, 0.1) is 6.92 Å². The van der Waals surface area contributed by atoms with Gasteiger partial charge in [0.2, 0.25) is 0 Å². The molecule has 1 saturated heterocycles. The number of nitrogens with zero attached hydrogens (tertiary/aromatic N) is 1. The molecule has 1 N–H and O–H groups in total. The van der Waals surface area contributed by atoms with Crippen molar-refractivity contribution in [3.8, 4) is 11.1 Å². The zero-order valence-electron chi connectivity index (χ0n) is 14.2. The third-order valence-corrected chi connectivity index (χ3v) is 4.76. The number of hydrogen-bond donors (Lipinski definition) is 1. The maximum atomic E-state index is 6.06. The van der Waals surface area contributed by atoms with Gasteiger partial charge in [-0.2, -0.15) is 0 Å². The van der Waals surface area contributed by atoms with Crippen LogP contribution in [-0.2, 0) is 6.54 Å². The lowest BCUT2D eigenvalue weighted by Crippen LogP contribution is -2.27. The summed E-state index contributed by atoms with van der Waals surface area (Å²) in [6, 6.07) is 17.4. The minimum absolute atomic E-state index is 0.899. The fourth-order valence-corrected chi connectivity index (χ4v) is 3.38. The largest absolute Gasteiger partial charge is 0.460 e. The molecule has 3 aromatic rings. The molecule has 2 aromatic carbocycles. The molecule has 0 radical (unpaired) electrons. The number of nitrogens with one attached hydrogen (secondary N) is 1. The fourth-order valence-electron chi connectivity index (χ4n) is 3.38. The highest BCUT2D eigenvalue weighted by molar-refractivity contribution is 5.84. The quantitative estimate of drug-likeness (QED) is 0.784. The summed E-state index contributed by atoms with van der Waals surface area (Å²) in [5.74, 6) is 1.06. The first-order valence-corrected chi connectivity index (χ1v) is 8.80. The fraction of sp³-hybridized carbons (Fsp3) is 0.333. The van der Waals surface area contributed by atoms with E-state index < -0.39 is 0 Å². The van der Waals surface area contributed by atoms with Crippen molar-refractivity contribution in [1.82, 2.24) is 10.2 Å². The van der Waals surface area contributed by atoms with E-state index in [0.29, 0.717) is 0 Å². The molecule has 24 heavy (non-hydrogen) atoms. The Morgan fingerprint density at radius 1 is 0.958 bits per heavy atom. The van der Waals surface area contributed by atoms with E-state index in [9.17, 15) is 0 Å². The normalized spacial score (nSPS) is 16.4. The SMILES string of the molecule is Cc1ccc(-c2ccc3oc(CN4CCCNCC4)cc3c2)cc1.